The van der Waals surface area contributed by atoms with Crippen LogP contribution in [0.25, 0.3) is 10.9 Å². The highest BCUT2D eigenvalue weighted by molar-refractivity contribution is 6.13. The van der Waals surface area contributed by atoms with Crippen LogP contribution in [-0.2, 0) is 19.7 Å². The Labute approximate surface area is 215 Å². The predicted octanol–water partition coefficient (Wildman–Crippen LogP) is 2.25. The second kappa shape index (κ2) is 9.84. The molecule has 0 atom stereocenters. The molecule has 0 bridgehead atoms. The quantitative estimate of drug-likeness (QED) is 0.476. The van der Waals surface area contributed by atoms with Gasteiger partial charge in [-0.1, -0.05) is 6.07 Å². The zero-order valence-electron chi connectivity index (χ0n) is 20.5. The molecule has 1 fully saturated rings. The molecule has 1 aromatic heterocycles. The molecule has 198 valence electrons. The lowest BCUT2D eigenvalue weighted by atomic mass is 9.72. The van der Waals surface area contributed by atoms with Crippen LogP contribution in [0, 0.1) is 0 Å². The van der Waals surface area contributed by atoms with Crippen LogP contribution in [0.3, 0.4) is 0 Å². The molecule has 1 saturated heterocycles. The number of carbonyl (C=O) groups excluding carboxylic acids is 4. The van der Waals surface area contributed by atoms with Crippen LogP contribution in [0.4, 0.5) is 14.5 Å². The summed E-state index contributed by atoms with van der Waals surface area (Å²) in [5.41, 5.74) is 1.11. The number of halogens is 2. The van der Waals surface area contributed by atoms with E-state index in [1.54, 1.807) is 47.5 Å². The maximum absolute atomic E-state index is 13.9. The lowest BCUT2D eigenvalue weighted by molar-refractivity contribution is -0.127. The Kier molecular flexibility index (Phi) is 6.55. The molecular formula is C26H25F2N5O5. The van der Waals surface area contributed by atoms with Crippen molar-refractivity contribution in [3.8, 4) is 0 Å². The van der Waals surface area contributed by atoms with E-state index in [1.807, 2.05) is 0 Å². The van der Waals surface area contributed by atoms with Gasteiger partial charge in [0.1, 0.15) is 6.54 Å². The van der Waals surface area contributed by atoms with Crippen molar-refractivity contribution in [1.29, 1.82) is 0 Å². The number of benzene rings is 2. The summed E-state index contributed by atoms with van der Waals surface area (Å²) in [6.07, 6.45) is -0.677. The molecule has 2 aliphatic heterocycles. The van der Waals surface area contributed by atoms with Gasteiger partial charge in [-0.25, -0.2) is 13.6 Å². The van der Waals surface area contributed by atoms with Gasteiger partial charge in [0.2, 0.25) is 11.8 Å². The van der Waals surface area contributed by atoms with E-state index in [2.05, 4.69) is 15.5 Å². The molecule has 0 unspecified atom stereocenters. The molecule has 0 saturated carbocycles. The highest BCUT2D eigenvalue weighted by Gasteiger charge is 2.54. The number of aromatic nitrogens is 2. The molecule has 12 heteroatoms. The number of nitrogens with zero attached hydrogens (tertiary/aromatic N) is 3. The normalized spacial score (nSPS) is 16.3. The number of nitrogens with one attached hydrogen (secondary N) is 2. The fourth-order valence-electron chi connectivity index (χ4n) is 5.38. The monoisotopic (exact) mass is 525 g/mol. The van der Waals surface area contributed by atoms with Gasteiger partial charge in [0, 0.05) is 35.3 Å². The number of piperidine rings is 1. The van der Waals surface area contributed by atoms with Crippen molar-refractivity contribution in [2.24, 2.45) is 0 Å². The van der Waals surface area contributed by atoms with E-state index in [4.69, 9.17) is 4.74 Å². The number of hydrogen-bond acceptors (Lipinski definition) is 6. The Morgan fingerprint density at radius 2 is 1.95 bits per heavy atom. The van der Waals surface area contributed by atoms with Crippen LogP contribution >= 0.6 is 0 Å². The Morgan fingerprint density at radius 3 is 2.66 bits per heavy atom. The first-order chi connectivity index (χ1) is 18.2. The Balaban J connectivity index is 1.43. The van der Waals surface area contributed by atoms with E-state index in [9.17, 15) is 28.0 Å². The number of carbonyl (C=O) groups is 4. The van der Waals surface area contributed by atoms with Crippen LogP contribution in [0.15, 0.2) is 42.6 Å². The summed E-state index contributed by atoms with van der Waals surface area (Å²) in [6.45, 7) is -0.843. The van der Waals surface area contributed by atoms with Crippen molar-refractivity contribution in [2.75, 3.05) is 38.2 Å². The van der Waals surface area contributed by atoms with E-state index in [0.29, 0.717) is 16.8 Å². The molecule has 3 heterocycles. The fourth-order valence-corrected chi connectivity index (χ4v) is 5.38. The van der Waals surface area contributed by atoms with Crippen LogP contribution in [0.1, 0.15) is 39.1 Å². The number of H-pyrrole nitrogens is 1. The van der Waals surface area contributed by atoms with Crippen molar-refractivity contribution in [1.82, 2.24) is 20.4 Å². The fraction of sp³-hybridized carbons (Fsp3) is 0.346. The Bertz CT molecular complexity index is 1430. The van der Waals surface area contributed by atoms with Crippen LogP contribution < -0.4 is 10.2 Å². The molecule has 10 nitrogen and oxygen atoms in total. The lowest BCUT2D eigenvalue weighted by Crippen LogP contribution is -2.51. The molecular weight excluding hydrogens is 500 g/mol. The number of aromatic amines is 1. The van der Waals surface area contributed by atoms with Gasteiger partial charge in [-0.15, -0.1) is 0 Å². The van der Waals surface area contributed by atoms with Gasteiger partial charge in [-0.3, -0.25) is 19.5 Å². The first-order valence-electron chi connectivity index (χ1n) is 12.1. The third kappa shape index (κ3) is 4.25. The number of anilines is 1. The SMILES string of the molecule is COC(=O)c1cccc2c1C1(CCN(C(=O)c3ccc4[nH]ncc4c3)CC1)C(=O)N2CC(=O)NCC(F)F. The van der Waals surface area contributed by atoms with E-state index < -0.39 is 42.7 Å². The number of rotatable bonds is 6. The van der Waals surface area contributed by atoms with Crippen molar-refractivity contribution >= 4 is 40.3 Å². The van der Waals surface area contributed by atoms with Gasteiger partial charge in [0.25, 0.3) is 12.3 Å². The molecule has 2 N–H and O–H groups in total. The number of likely N-dealkylation sites (tertiary alicyclic amines) is 1. The smallest absolute Gasteiger partial charge is 0.338 e. The van der Waals surface area contributed by atoms with Gasteiger partial charge in [-0.2, -0.15) is 5.10 Å². The zero-order chi connectivity index (χ0) is 27.0. The topological polar surface area (TPSA) is 125 Å². The van der Waals surface area contributed by atoms with E-state index in [1.165, 1.54) is 12.0 Å². The average molecular weight is 526 g/mol. The maximum atomic E-state index is 13.9. The molecule has 3 amide bonds. The number of fused-ring (bicyclic) bond motifs is 3. The first kappa shape index (κ1) is 25.3. The third-order valence-electron chi connectivity index (χ3n) is 7.22. The number of amides is 3. The van der Waals surface area contributed by atoms with Gasteiger partial charge in [0.05, 0.1) is 36.3 Å². The zero-order valence-corrected chi connectivity index (χ0v) is 20.5. The summed E-state index contributed by atoms with van der Waals surface area (Å²) in [5, 5.41) is 9.73. The van der Waals surface area contributed by atoms with Crippen molar-refractivity contribution < 1.29 is 32.7 Å². The van der Waals surface area contributed by atoms with E-state index in [0.717, 1.165) is 10.9 Å². The molecule has 5 rings (SSSR count). The predicted molar refractivity (Wildman–Crippen MR) is 132 cm³/mol. The average Bonchev–Trinajstić information content (AvgIpc) is 3.49. The minimum atomic E-state index is -2.73. The van der Waals surface area contributed by atoms with E-state index in [-0.39, 0.29) is 37.4 Å². The lowest BCUT2D eigenvalue weighted by Gasteiger charge is -2.39. The number of methoxy groups -OCH3 is 1. The minimum absolute atomic E-state index is 0.194. The van der Waals surface area contributed by atoms with Gasteiger partial charge < -0.3 is 19.9 Å². The molecule has 1 spiro atoms. The third-order valence-corrected chi connectivity index (χ3v) is 7.22. The first-order valence-corrected chi connectivity index (χ1v) is 12.1. The standard InChI is InChI=1S/C26H25F2N5O5/c1-38-24(36)17-3-2-4-19-22(17)26(25(37)33(19)14-21(34)29-13-20(27)28)7-9-32(10-8-26)23(35)15-5-6-18-16(11-15)12-30-31-18/h2-6,11-12,20H,7-10,13-14H2,1H3,(H,29,34)(H,30,31). The Hall–Kier alpha value is -4.35. The van der Waals surface area contributed by atoms with Crippen molar-refractivity contribution in [3.05, 3.63) is 59.3 Å². The largest absolute Gasteiger partial charge is 0.465 e. The minimum Gasteiger partial charge on any atom is -0.465 e. The summed E-state index contributed by atoms with van der Waals surface area (Å²) in [6, 6.07) is 9.97. The maximum Gasteiger partial charge on any atom is 0.338 e. The highest BCUT2D eigenvalue weighted by atomic mass is 19.3. The molecule has 38 heavy (non-hydrogen) atoms. The summed E-state index contributed by atoms with van der Waals surface area (Å²) in [5.74, 6) is -1.99. The van der Waals surface area contributed by atoms with Crippen LogP contribution in [0.5, 0.6) is 0 Å². The Morgan fingerprint density at radius 1 is 1.18 bits per heavy atom. The number of hydrogen-bond donors (Lipinski definition) is 2. The van der Waals surface area contributed by atoms with Gasteiger partial charge >= 0.3 is 5.97 Å². The number of ether oxygens (including phenoxy) is 1. The summed E-state index contributed by atoms with van der Waals surface area (Å²) >= 11 is 0. The second-order valence-corrected chi connectivity index (χ2v) is 9.32. The molecule has 0 radical (unpaired) electrons. The molecule has 2 aliphatic rings. The number of alkyl halides is 2. The summed E-state index contributed by atoms with van der Waals surface area (Å²) in [7, 11) is 1.23. The molecule has 3 aromatic rings. The highest BCUT2D eigenvalue weighted by Crippen LogP contribution is 2.49. The van der Waals surface area contributed by atoms with Gasteiger partial charge in [-0.05, 0) is 43.2 Å². The van der Waals surface area contributed by atoms with Gasteiger partial charge in [0.15, 0.2) is 0 Å². The summed E-state index contributed by atoms with van der Waals surface area (Å²) < 4.78 is 30.1. The van der Waals surface area contributed by atoms with E-state index >= 15 is 0 Å². The molecule has 0 aliphatic carbocycles. The second-order valence-electron chi connectivity index (χ2n) is 9.32. The summed E-state index contributed by atoms with van der Waals surface area (Å²) in [4.78, 5) is 55.1. The van der Waals surface area contributed by atoms with Crippen LogP contribution in [0.2, 0.25) is 0 Å². The van der Waals surface area contributed by atoms with Crippen LogP contribution in [-0.4, -0.2) is 78.5 Å². The number of esters is 1. The van der Waals surface area contributed by atoms with Crippen molar-refractivity contribution in [3.63, 3.8) is 0 Å². The molecule has 2 aromatic carbocycles. The van der Waals surface area contributed by atoms with Crippen molar-refractivity contribution in [2.45, 2.75) is 24.7 Å².